The molecule has 44 heavy (non-hydrogen) atoms. The van der Waals surface area contributed by atoms with Crippen LogP contribution >= 0.6 is 0 Å². The Morgan fingerprint density at radius 1 is 0.591 bits per heavy atom. The molecule has 2 atom stereocenters. The van der Waals surface area contributed by atoms with Crippen LogP contribution in [0.2, 0.25) is 0 Å². The second kappa shape index (κ2) is 18.9. The molecular formula is C39H70O5. The van der Waals surface area contributed by atoms with Crippen molar-refractivity contribution < 1.29 is 24.2 Å². The number of carbonyl (C=O) groups is 2. The lowest BCUT2D eigenvalue weighted by atomic mass is 9.40. The van der Waals surface area contributed by atoms with Crippen LogP contribution in [0.25, 0.3) is 0 Å². The van der Waals surface area contributed by atoms with E-state index in [1.807, 2.05) is 0 Å². The lowest BCUT2D eigenvalue weighted by Gasteiger charge is -2.66. The van der Waals surface area contributed by atoms with Gasteiger partial charge >= 0.3 is 11.9 Å². The summed E-state index contributed by atoms with van der Waals surface area (Å²) < 4.78 is 12.3. The van der Waals surface area contributed by atoms with Crippen LogP contribution in [-0.2, 0) is 19.1 Å². The van der Waals surface area contributed by atoms with Crippen LogP contribution in [0.5, 0.6) is 0 Å². The van der Waals surface area contributed by atoms with Gasteiger partial charge in [0.15, 0.2) is 0 Å². The van der Waals surface area contributed by atoms with E-state index in [0.717, 1.165) is 64.2 Å². The van der Waals surface area contributed by atoms with E-state index in [1.165, 1.54) is 77.0 Å². The smallest absolute Gasteiger partial charge is 0.306 e. The summed E-state index contributed by atoms with van der Waals surface area (Å²) in [5.74, 6) is 1.31. The average molecular weight is 619 g/mol. The molecule has 0 amide bonds. The molecule has 1 N–H and O–H groups in total. The van der Waals surface area contributed by atoms with E-state index in [-0.39, 0.29) is 34.8 Å². The van der Waals surface area contributed by atoms with E-state index < -0.39 is 0 Å². The monoisotopic (exact) mass is 619 g/mol. The molecule has 5 nitrogen and oxygen atoms in total. The molecule has 0 aliphatic heterocycles. The third kappa shape index (κ3) is 11.6. The molecule has 4 aliphatic carbocycles. The standard InChI is InChI=1S/C39H70O5/c1-5-9-13-17-32(18-14-10-6-2)21-35(41)43-30-38-24-34-23-37(26-38,29-40)27-39(25-34,28-38)31-44-36(42)22-33(19-15-11-7-3)20-16-12-8-4/h32-34,40H,5-31H2,1-4H3. The van der Waals surface area contributed by atoms with Gasteiger partial charge in [-0.1, -0.05) is 105 Å². The van der Waals surface area contributed by atoms with Gasteiger partial charge in [0, 0.05) is 30.3 Å². The fourth-order valence-corrected chi connectivity index (χ4v) is 10.0. The van der Waals surface area contributed by atoms with Crippen LogP contribution in [-0.4, -0.2) is 36.9 Å². The Hall–Kier alpha value is -1.10. The molecule has 0 heterocycles. The van der Waals surface area contributed by atoms with Crippen LogP contribution in [0.15, 0.2) is 0 Å². The first kappa shape index (κ1) is 37.4. The molecule has 4 rings (SSSR count). The van der Waals surface area contributed by atoms with Gasteiger partial charge in [-0.25, -0.2) is 0 Å². The van der Waals surface area contributed by atoms with E-state index >= 15 is 0 Å². The normalized spacial score (nSPS) is 27.4. The van der Waals surface area contributed by atoms with Crippen molar-refractivity contribution >= 4 is 11.9 Å². The maximum Gasteiger partial charge on any atom is 0.306 e. The predicted molar refractivity (Wildman–Crippen MR) is 180 cm³/mol. The van der Waals surface area contributed by atoms with Crippen molar-refractivity contribution in [2.75, 3.05) is 19.8 Å². The van der Waals surface area contributed by atoms with Gasteiger partial charge < -0.3 is 14.6 Å². The number of ether oxygens (including phenoxy) is 2. The largest absolute Gasteiger partial charge is 0.465 e. The number of rotatable bonds is 25. The van der Waals surface area contributed by atoms with Gasteiger partial charge in [0.2, 0.25) is 0 Å². The van der Waals surface area contributed by atoms with E-state index in [0.29, 0.717) is 43.8 Å². The second-order valence-electron chi connectivity index (χ2n) is 16.1. The quantitative estimate of drug-likeness (QED) is 0.0814. The highest BCUT2D eigenvalue weighted by molar-refractivity contribution is 5.70. The molecular weight excluding hydrogens is 548 g/mol. The summed E-state index contributed by atoms with van der Waals surface area (Å²) in [5, 5.41) is 10.6. The number of carbonyl (C=O) groups excluding carboxylic acids is 2. The molecule has 4 bridgehead atoms. The Morgan fingerprint density at radius 3 is 1.27 bits per heavy atom. The molecule has 0 aromatic heterocycles. The van der Waals surface area contributed by atoms with Gasteiger partial charge in [-0.2, -0.15) is 0 Å². The summed E-state index contributed by atoms with van der Waals surface area (Å²) >= 11 is 0. The molecule has 0 aromatic carbocycles. The minimum absolute atomic E-state index is 0.0329. The fraction of sp³-hybridized carbons (Fsp3) is 0.949. The first-order valence-electron chi connectivity index (χ1n) is 19.2. The summed E-state index contributed by atoms with van der Waals surface area (Å²) in [6, 6.07) is 0. The number of aliphatic hydroxyl groups is 1. The number of unbranched alkanes of at least 4 members (excludes halogenated alkanes) is 8. The van der Waals surface area contributed by atoms with Gasteiger partial charge in [-0.15, -0.1) is 0 Å². The van der Waals surface area contributed by atoms with Gasteiger partial charge in [-0.05, 0) is 87.4 Å². The maximum absolute atomic E-state index is 13.2. The van der Waals surface area contributed by atoms with Gasteiger partial charge in [0.05, 0.1) is 13.2 Å². The molecule has 0 saturated heterocycles. The van der Waals surface area contributed by atoms with Crippen molar-refractivity contribution in [1.82, 2.24) is 0 Å². The van der Waals surface area contributed by atoms with E-state index in [1.54, 1.807) is 0 Å². The van der Waals surface area contributed by atoms with Crippen LogP contribution < -0.4 is 0 Å². The molecule has 2 unspecified atom stereocenters. The molecule has 0 aromatic rings. The summed E-state index contributed by atoms with van der Waals surface area (Å²) in [6.07, 6.45) is 26.2. The molecule has 4 fully saturated rings. The van der Waals surface area contributed by atoms with Crippen LogP contribution in [0.3, 0.4) is 0 Å². The first-order valence-corrected chi connectivity index (χ1v) is 19.2. The zero-order valence-corrected chi connectivity index (χ0v) is 29.4. The third-order valence-corrected chi connectivity index (χ3v) is 11.6. The first-order chi connectivity index (χ1) is 21.2. The topological polar surface area (TPSA) is 72.8 Å². The molecule has 0 spiro atoms. The Labute approximate surface area is 271 Å². The number of esters is 2. The highest BCUT2D eigenvalue weighted by atomic mass is 16.5. The number of hydrogen-bond acceptors (Lipinski definition) is 5. The second-order valence-corrected chi connectivity index (χ2v) is 16.1. The van der Waals surface area contributed by atoms with Crippen molar-refractivity contribution in [1.29, 1.82) is 0 Å². The average Bonchev–Trinajstić information content (AvgIpc) is 2.99. The van der Waals surface area contributed by atoms with Gasteiger partial charge in [0.25, 0.3) is 0 Å². The molecule has 256 valence electrons. The molecule has 0 radical (unpaired) electrons. The Morgan fingerprint density at radius 2 is 0.932 bits per heavy atom. The highest BCUT2D eigenvalue weighted by Crippen LogP contribution is 2.69. The predicted octanol–water partition coefficient (Wildman–Crippen LogP) is 10.4. The lowest BCUT2D eigenvalue weighted by molar-refractivity contribution is -0.208. The summed E-state index contributed by atoms with van der Waals surface area (Å²) in [4.78, 5) is 26.4. The van der Waals surface area contributed by atoms with E-state index in [9.17, 15) is 14.7 Å². The highest BCUT2D eigenvalue weighted by Gasteiger charge is 2.63. The summed E-state index contributed by atoms with van der Waals surface area (Å²) in [5.41, 5.74) is -0.302. The fourth-order valence-electron chi connectivity index (χ4n) is 10.0. The Balaban J connectivity index is 1.59. The summed E-state index contributed by atoms with van der Waals surface area (Å²) in [6.45, 7) is 10.1. The van der Waals surface area contributed by atoms with Crippen molar-refractivity contribution in [2.45, 2.75) is 182 Å². The minimum Gasteiger partial charge on any atom is -0.465 e. The van der Waals surface area contributed by atoms with E-state index in [2.05, 4.69) is 27.7 Å². The maximum atomic E-state index is 13.2. The number of hydrogen-bond donors (Lipinski definition) is 1. The van der Waals surface area contributed by atoms with Crippen molar-refractivity contribution in [3.8, 4) is 0 Å². The SMILES string of the molecule is CCCCCC(CCCCC)CC(=O)OCC12CC3CC(CO)(C1)CC(COC(=O)CC(CCCCC)CCCCC)(C3)C2. The zero-order chi connectivity index (χ0) is 31.9. The lowest BCUT2D eigenvalue weighted by Crippen LogP contribution is -2.60. The van der Waals surface area contributed by atoms with Crippen LogP contribution in [0, 0.1) is 34.0 Å². The van der Waals surface area contributed by atoms with Gasteiger partial charge in [-0.3, -0.25) is 9.59 Å². The Bertz CT molecular complexity index is 760. The van der Waals surface area contributed by atoms with Crippen molar-refractivity contribution in [3.63, 3.8) is 0 Å². The van der Waals surface area contributed by atoms with Crippen molar-refractivity contribution in [2.24, 2.45) is 34.0 Å². The molecule has 4 saturated carbocycles. The van der Waals surface area contributed by atoms with Crippen LogP contribution in [0.1, 0.15) is 182 Å². The van der Waals surface area contributed by atoms with Gasteiger partial charge in [0.1, 0.15) is 0 Å². The summed E-state index contributed by atoms with van der Waals surface area (Å²) in [7, 11) is 0. The molecule has 4 aliphatic rings. The number of aliphatic hydroxyl groups excluding tert-OH is 1. The Kier molecular flexibility index (Phi) is 16.0. The minimum atomic E-state index is -0.121. The van der Waals surface area contributed by atoms with Crippen molar-refractivity contribution in [3.05, 3.63) is 0 Å². The molecule has 5 heteroatoms. The van der Waals surface area contributed by atoms with E-state index in [4.69, 9.17) is 9.47 Å². The van der Waals surface area contributed by atoms with Crippen LogP contribution in [0.4, 0.5) is 0 Å². The third-order valence-electron chi connectivity index (χ3n) is 11.6. The zero-order valence-electron chi connectivity index (χ0n) is 29.4.